The molecule has 1 aliphatic rings. The van der Waals surface area contributed by atoms with Crippen molar-refractivity contribution in [3.05, 3.63) is 59.4 Å². The van der Waals surface area contributed by atoms with Crippen molar-refractivity contribution >= 4 is 28.5 Å². The van der Waals surface area contributed by atoms with Gasteiger partial charge in [-0.2, -0.15) is 0 Å². The van der Waals surface area contributed by atoms with Crippen LogP contribution in [0.2, 0.25) is 0 Å². The molecule has 3 heterocycles. The first-order chi connectivity index (χ1) is 19.3. The first kappa shape index (κ1) is 30.1. The molecule has 0 aliphatic carbocycles. The minimum absolute atomic E-state index is 0.0507. The van der Waals surface area contributed by atoms with Crippen LogP contribution in [-0.2, 0) is 20.7 Å². The van der Waals surface area contributed by atoms with Gasteiger partial charge in [-0.1, -0.05) is 26.0 Å². The van der Waals surface area contributed by atoms with Crippen LogP contribution in [0.4, 0.5) is 18.0 Å². The Morgan fingerprint density at radius 3 is 2.54 bits per heavy atom. The first-order valence-electron chi connectivity index (χ1n) is 13.2. The number of hydrogen-bond acceptors (Lipinski definition) is 5. The topological polar surface area (TPSA) is 93.9 Å². The van der Waals surface area contributed by atoms with Crippen LogP contribution in [0.25, 0.3) is 27.7 Å². The summed E-state index contributed by atoms with van der Waals surface area (Å²) in [5, 5.41) is 9.94. The van der Waals surface area contributed by atoms with E-state index in [9.17, 15) is 23.5 Å². The van der Waals surface area contributed by atoms with E-state index in [0.717, 1.165) is 10.1 Å². The predicted molar refractivity (Wildman–Crippen MR) is 148 cm³/mol. The molecule has 1 amide bonds. The maximum Gasteiger partial charge on any atom is 0.407 e. The number of rotatable bonds is 10. The van der Waals surface area contributed by atoms with Crippen LogP contribution in [0, 0.1) is 5.41 Å². The van der Waals surface area contributed by atoms with Gasteiger partial charge in [0.15, 0.2) is 0 Å². The lowest BCUT2D eigenvalue weighted by molar-refractivity contribution is -0.143. The van der Waals surface area contributed by atoms with Gasteiger partial charge in [-0.05, 0) is 54.3 Å². The number of carbonyl (C=O) groups excluding carboxylic acids is 1. The molecule has 8 nitrogen and oxygen atoms in total. The number of amides is 1. The molecule has 11 heteroatoms. The van der Waals surface area contributed by atoms with Gasteiger partial charge in [-0.15, -0.1) is 0 Å². The zero-order valence-electron chi connectivity index (χ0n) is 23.7. The van der Waals surface area contributed by atoms with Crippen molar-refractivity contribution in [3.8, 4) is 11.3 Å². The summed E-state index contributed by atoms with van der Waals surface area (Å²) in [6.07, 6.45) is -3.94. The number of pyridine rings is 1. The lowest BCUT2D eigenvalue weighted by Gasteiger charge is -2.26. The Bertz CT molecular complexity index is 1480. The van der Waals surface area contributed by atoms with Crippen molar-refractivity contribution in [1.29, 1.82) is 0 Å². The minimum atomic E-state index is -3.31. The van der Waals surface area contributed by atoms with Crippen molar-refractivity contribution in [2.45, 2.75) is 52.9 Å². The van der Waals surface area contributed by atoms with Crippen molar-refractivity contribution in [1.82, 2.24) is 14.5 Å². The van der Waals surface area contributed by atoms with Crippen LogP contribution in [0.5, 0.6) is 0 Å². The van der Waals surface area contributed by atoms with Crippen LogP contribution in [0.1, 0.15) is 56.9 Å². The summed E-state index contributed by atoms with van der Waals surface area (Å²) in [6, 6.07) is 8.42. The molecule has 4 rings (SSSR count). The third-order valence-electron chi connectivity index (χ3n) is 7.28. The molecule has 0 saturated carbocycles. The SMILES string of the molecule is COC(C)c1ncccc1-c1c(CC(C)(C)COC(C)=O)c2cc(C3=CCN(C(=O)O)C3)ccc2n1C(F)C(F)F. The Morgan fingerprint density at radius 2 is 1.93 bits per heavy atom. The molecule has 0 radical (unpaired) electrons. The molecule has 0 spiro atoms. The number of carbonyl (C=O) groups is 2. The van der Waals surface area contributed by atoms with E-state index in [0.29, 0.717) is 27.8 Å². The molecule has 2 atom stereocenters. The third-order valence-corrected chi connectivity index (χ3v) is 7.28. The zero-order chi connectivity index (χ0) is 30.1. The van der Waals surface area contributed by atoms with E-state index in [1.54, 1.807) is 49.5 Å². The number of hydrogen-bond donors (Lipinski definition) is 1. The van der Waals surface area contributed by atoms with Crippen molar-refractivity contribution in [3.63, 3.8) is 0 Å². The van der Waals surface area contributed by atoms with Gasteiger partial charge in [0.05, 0.1) is 29.6 Å². The van der Waals surface area contributed by atoms with E-state index >= 15 is 4.39 Å². The summed E-state index contributed by atoms with van der Waals surface area (Å²) in [4.78, 5) is 28.8. The Hall–Kier alpha value is -3.86. The Kier molecular flexibility index (Phi) is 8.77. The molecule has 1 aliphatic heterocycles. The Morgan fingerprint density at radius 1 is 1.20 bits per heavy atom. The van der Waals surface area contributed by atoms with E-state index in [4.69, 9.17) is 9.47 Å². The van der Waals surface area contributed by atoms with Gasteiger partial charge in [0.2, 0.25) is 6.30 Å². The number of aromatic nitrogens is 2. The molecule has 1 aromatic carbocycles. The van der Waals surface area contributed by atoms with E-state index in [-0.39, 0.29) is 37.3 Å². The highest BCUT2D eigenvalue weighted by Gasteiger charge is 2.34. The molecule has 0 bridgehead atoms. The number of ether oxygens (including phenoxy) is 2. The number of nitrogens with zero attached hydrogens (tertiary/aromatic N) is 3. The summed E-state index contributed by atoms with van der Waals surface area (Å²) in [5.41, 5.74) is 2.77. The highest BCUT2D eigenvalue weighted by molar-refractivity contribution is 5.95. The maximum atomic E-state index is 15.6. The van der Waals surface area contributed by atoms with E-state index in [2.05, 4.69) is 4.98 Å². The van der Waals surface area contributed by atoms with Gasteiger partial charge in [0, 0.05) is 49.7 Å². The van der Waals surface area contributed by atoms with Gasteiger partial charge >= 0.3 is 12.1 Å². The van der Waals surface area contributed by atoms with Gasteiger partial charge in [0.25, 0.3) is 6.43 Å². The smallest absolute Gasteiger partial charge is 0.407 e. The lowest BCUT2D eigenvalue weighted by Crippen LogP contribution is -2.26. The van der Waals surface area contributed by atoms with Crippen LogP contribution >= 0.6 is 0 Å². The summed E-state index contributed by atoms with van der Waals surface area (Å²) < 4.78 is 55.6. The van der Waals surface area contributed by atoms with Crippen molar-refractivity contribution in [2.75, 3.05) is 26.8 Å². The average Bonchev–Trinajstić information content (AvgIpc) is 3.54. The second kappa shape index (κ2) is 11.9. The summed E-state index contributed by atoms with van der Waals surface area (Å²) in [6.45, 7) is 7.26. The maximum absolute atomic E-state index is 15.6. The predicted octanol–water partition coefficient (Wildman–Crippen LogP) is 6.65. The van der Waals surface area contributed by atoms with Gasteiger partial charge < -0.3 is 24.0 Å². The van der Waals surface area contributed by atoms with Crippen LogP contribution in [0.15, 0.2) is 42.6 Å². The number of methoxy groups -OCH3 is 1. The molecule has 3 aromatic rings. The van der Waals surface area contributed by atoms with E-state index in [1.165, 1.54) is 18.9 Å². The second-order valence-electron chi connectivity index (χ2n) is 11.0. The van der Waals surface area contributed by atoms with E-state index < -0.39 is 36.3 Å². The fourth-order valence-electron chi connectivity index (χ4n) is 5.21. The molecule has 41 heavy (non-hydrogen) atoms. The molecule has 2 aromatic heterocycles. The van der Waals surface area contributed by atoms with Crippen molar-refractivity contribution in [2.24, 2.45) is 5.41 Å². The largest absolute Gasteiger partial charge is 0.465 e. The molecule has 0 saturated heterocycles. The second-order valence-corrected chi connectivity index (χ2v) is 11.0. The van der Waals surface area contributed by atoms with Gasteiger partial charge in [0.1, 0.15) is 0 Å². The fraction of sp³-hybridized carbons (Fsp3) is 0.433. The Balaban J connectivity index is 2.02. The summed E-state index contributed by atoms with van der Waals surface area (Å²) in [7, 11) is 1.50. The normalized spacial score (nSPS) is 15.3. The van der Waals surface area contributed by atoms with Crippen molar-refractivity contribution < 1.29 is 37.3 Å². The number of benzene rings is 1. The molecule has 2 unspecified atom stereocenters. The van der Waals surface area contributed by atoms with Crippen LogP contribution < -0.4 is 0 Å². The number of esters is 1. The highest BCUT2D eigenvalue weighted by Crippen LogP contribution is 2.44. The first-order valence-corrected chi connectivity index (χ1v) is 13.2. The van der Waals surface area contributed by atoms with Gasteiger partial charge in [-0.3, -0.25) is 9.78 Å². The number of halogens is 3. The molecule has 0 fully saturated rings. The number of alkyl halides is 3. The Labute approximate surface area is 236 Å². The monoisotopic (exact) mass is 573 g/mol. The quantitative estimate of drug-likeness (QED) is 0.273. The highest BCUT2D eigenvalue weighted by atomic mass is 19.3. The molecule has 1 N–H and O–H groups in total. The lowest BCUT2D eigenvalue weighted by atomic mass is 9.84. The minimum Gasteiger partial charge on any atom is -0.465 e. The zero-order valence-corrected chi connectivity index (χ0v) is 23.7. The molecule has 220 valence electrons. The summed E-state index contributed by atoms with van der Waals surface area (Å²) >= 11 is 0. The number of fused-ring (bicyclic) bond motifs is 1. The van der Waals surface area contributed by atoms with E-state index in [1.807, 2.05) is 13.8 Å². The standard InChI is InChI=1S/C30H34F3N3O5/c1-17(40-5)25-21(7-6-11-34-25)26-23(14-30(3,4)16-41-18(2)37)22-13-19(20-10-12-35(15-20)29(38)39)8-9-24(22)36(26)28(33)27(31)32/h6-11,13,17,27-28H,12,14-16H2,1-5H3,(H,38,39). The van der Waals surface area contributed by atoms with Crippen LogP contribution in [0.3, 0.4) is 0 Å². The van der Waals surface area contributed by atoms with Gasteiger partial charge in [-0.25, -0.2) is 18.0 Å². The third kappa shape index (κ3) is 6.24. The van der Waals surface area contributed by atoms with Crippen LogP contribution in [-0.4, -0.2) is 64.9 Å². The average molecular weight is 574 g/mol. The molecular weight excluding hydrogens is 539 g/mol. The number of carboxylic acid groups (broad SMARTS) is 1. The summed E-state index contributed by atoms with van der Waals surface area (Å²) in [5.74, 6) is -0.454. The molecular formula is C30H34F3N3O5. The fourth-order valence-corrected chi connectivity index (χ4v) is 5.21.